The lowest BCUT2D eigenvalue weighted by Gasteiger charge is -2.12. The van der Waals surface area contributed by atoms with E-state index in [1.54, 1.807) is 41.5 Å². The summed E-state index contributed by atoms with van der Waals surface area (Å²) in [6, 6.07) is 17.9. The number of hydrogen-bond donors (Lipinski definition) is 1. The van der Waals surface area contributed by atoms with E-state index in [-0.39, 0.29) is 24.0 Å². The summed E-state index contributed by atoms with van der Waals surface area (Å²) in [7, 11) is 1.38. The zero-order valence-electron chi connectivity index (χ0n) is 18.3. The minimum atomic E-state index is -2.96. The van der Waals surface area contributed by atoms with E-state index in [0.717, 1.165) is 5.69 Å². The van der Waals surface area contributed by atoms with Gasteiger partial charge in [-0.15, -0.1) is 0 Å². The average molecular weight is 464 g/mol. The fourth-order valence-electron chi connectivity index (χ4n) is 3.45. The van der Waals surface area contributed by atoms with Crippen molar-refractivity contribution < 1.29 is 23.0 Å². The first-order valence-electron chi connectivity index (χ1n) is 10.5. The van der Waals surface area contributed by atoms with E-state index in [4.69, 9.17) is 4.74 Å². The molecule has 9 heteroatoms. The number of methoxy groups -OCH3 is 1. The van der Waals surface area contributed by atoms with Gasteiger partial charge in [-0.1, -0.05) is 24.3 Å². The Morgan fingerprint density at radius 1 is 1.09 bits per heavy atom. The molecule has 34 heavy (non-hydrogen) atoms. The third-order valence-corrected chi connectivity index (χ3v) is 5.06. The van der Waals surface area contributed by atoms with Crippen LogP contribution in [0.3, 0.4) is 0 Å². The second-order valence-electron chi connectivity index (χ2n) is 7.28. The number of pyridine rings is 1. The SMILES string of the molecule is COc1ccc(CCNC(=O)c2cn(-c3ccccc3)nc2-c2cccnc2)cc1OC(F)F. The van der Waals surface area contributed by atoms with Crippen molar-refractivity contribution >= 4 is 5.91 Å². The summed E-state index contributed by atoms with van der Waals surface area (Å²) >= 11 is 0. The summed E-state index contributed by atoms with van der Waals surface area (Å²) < 4.78 is 36.6. The van der Waals surface area contributed by atoms with Gasteiger partial charge in [-0.05, 0) is 48.4 Å². The Hall–Kier alpha value is -4.27. The van der Waals surface area contributed by atoms with Gasteiger partial charge in [0.1, 0.15) is 5.69 Å². The van der Waals surface area contributed by atoms with Crippen molar-refractivity contribution in [2.45, 2.75) is 13.0 Å². The summed E-state index contributed by atoms with van der Waals surface area (Å²) in [5.74, 6) is -0.148. The number of benzene rings is 2. The molecule has 0 fully saturated rings. The molecule has 0 spiro atoms. The highest BCUT2D eigenvalue weighted by Gasteiger charge is 2.19. The van der Waals surface area contributed by atoms with Gasteiger partial charge in [0, 0.05) is 30.7 Å². The van der Waals surface area contributed by atoms with Crippen LogP contribution in [-0.4, -0.2) is 40.9 Å². The van der Waals surface area contributed by atoms with Gasteiger partial charge in [0.15, 0.2) is 11.5 Å². The van der Waals surface area contributed by atoms with Gasteiger partial charge in [-0.25, -0.2) is 4.68 Å². The van der Waals surface area contributed by atoms with Crippen LogP contribution in [0.25, 0.3) is 16.9 Å². The highest BCUT2D eigenvalue weighted by atomic mass is 19.3. The third kappa shape index (κ3) is 5.37. The second kappa shape index (κ2) is 10.6. The number of carbonyl (C=O) groups is 1. The maximum atomic E-state index is 13.1. The summed E-state index contributed by atoms with van der Waals surface area (Å²) in [6.45, 7) is -2.68. The van der Waals surface area contributed by atoms with Crippen molar-refractivity contribution in [3.8, 4) is 28.4 Å². The number of nitrogens with one attached hydrogen (secondary N) is 1. The molecule has 0 atom stereocenters. The standard InChI is InChI=1S/C25H22F2N4O3/c1-33-21-10-9-17(14-22(21)34-25(26)27)11-13-29-24(32)20-16-31(19-7-3-2-4-8-19)30-23(20)18-6-5-12-28-15-18/h2-10,12,14-16,25H,11,13H2,1H3,(H,29,32). The van der Waals surface area contributed by atoms with Gasteiger partial charge >= 0.3 is 6.61 Å². The first-order valence-corrected chi connectivity index (χ1v) is 10.5. The van der Waals surface area contributed by atoms with Gasteiger partial charge in [0.25, 0.3) is 5.91 Å². The molecular formula is C25H22F2N4O3. The fraction of sp³-hybridized carbons (Fsp3) is 0.160. The number of rotatable bonds is 9. The Balaban J connectivity index is 1.51. The lowest BCUT2D eigenvalue weighted by molar-refractivity contribution is -0.0512. The molecule has 0 saturated heterocycles. The molecule has 1 N–H and O–H groups in total. The number of alkyl halides is 2. The molecule has 0 unspecified atom stereocenters. The minimum Gasteiger partial charge on any atom is -0.493 e. The van der Waals surface area contributed by atoms with Crippen LogP contribution in [0.4, 0.5) is 8.78 Å². The Morgan fingerprint density at radius 2 is 1.91 bits per heavy atom. The summed E-state index contributed by atoms with van der Waals surface area (Å²) in [6.07, 6.45) is 5.38. The molecule has 2 aromatic heterocycles. The van der Waals surface area contributed by atoms with Crippen LogP contribution < -0.4 is 14.8 Å². The van der Waals surface area contributed by atoms with Gasteiger partial charge in [0.05, 0.1) is 18.4 Å². The zero-order valence-corrected chi connectivity index (χ0v) is 18.3. The molecule has 0 saturated carbocycles. The van der Waals surface area contributed by atoms with Crippen molar-refractivity contribution in [2.75, 3.05) is 13.7 Å². The van der Waals surface area contributed by atoms with Gasteiger partial charge in [-0.3, -0.25) is 9.78 Å². The summed E-state index contributed by atoms with van der Waals surface area (Å²) in [5, 5.41) is 7.49. The van der Waals surface area contributed by atoms with E-state index in [0.29, 0.717) is 28.8 Å². The van der Waals surface area contributed by atoms with E-state index >= 15 is 0 Å². The fourth-order valence-corrected chi connectivity index (χ4v) is 3.45. The number of amides is 1. The number of halogens is 2. The highest BCUT2D eigenvalue weighted by Crippen LogP contribution is 2.29. The van der Waals surface area contributed by atoms with E-state index in [1.165, 1.54) is 13.2 Å². The Kier molecular flexibility index (Phi) is 7.12. The molecule has 0 bridgehead atoms. The number of hydrogen-bond acceptors (Lipinski definition) is 5. The van der Waals surface area contributed by atoms with Crippen LogP contribution in [-0.2, 0) is 6.42 Å². The van der Waals surface area contributed by atoms with Crippen molar-refractivity contribution in [1.29, 1.82) is 0 Å². The molecule has 2 aromatic carbocycles. The highest BCUT2D eigenvalue weighted by molar-refractivity contribution is 5.99. The molecule has 174 valence electrons. The Labute approximate surface area is 195 Å². The van der Waals surface area contributed by atoms with Crippen molar-refractivity contribution in [1.82, 2.24) is 20.1 Å². The lowest BCUT2D eigenvalue weighted by Crippen LogP contribution is -2.26. The number of carbonyl (C=O) groups excluding carboxylic acids is 1. The van der Waals surface area contributed by atoms with Crippen LogP contribution in [0.1, 0.15) is 15.9 Å². The molecule has 4 rings (SSSR count). The lowest BCUT2D eigenvalue weighted by atomic mass is 10.1. The predicted molar refractivity (Wildman–Crippen MR) is 122 cm³/mol. The van der Waals surface area contributed by atoms with Crippen LogP contribution in [0.5, 0.6) is 11.5 Å². The second-order valence-corrected chi connectivity index (χ2v) is 7.28. The molecule has 2 heterocycles. The molecular weight excluding hydrogens is 442 g/mol. The van der Waals surface area contributed by atoms with Gasteiger partial charge < -0.3 is 14.8 Å². The third-order valence-electron chi connectivity index (χ3n) is 5.06. The molecule has 7 nitrogen and oxygen atoms in total. The maximum Gasteiger partial charge on any atom is 0.387 e. The quantitative estimate of drug-likeness (QED) is 0.394. The van der Waals surface area contributed by atoms with Gasteiger partial charge in [0.2, 0.25) is 0 Å². The first kappa shape index (κ1) is 22.9. The minimum absolute atomic E-state index is 0.0515. The number of para-hydroxylation sites is 1. The number of ether oxygens (including phenoxy) is 2. The zero-order chi connectivity index (χ0) is 23.9. The normalized spacial score (nSPS) is 10.8. The van der Waals surface area contributed by atoms with Crippen molar-refractivity contribution in [3.05, 3.63) is 90.4 Å². The molecule has 0 radical (unpaired) electrons. The number of nitrogens with zero attached hydrogens (tertiary/aromatic N) is 3. The molecule has 0 aliphatic carbocycles. The van der Waals surface area contributed by atoms with Crippen LogP contribution in [0.15, 0.2) is 79.3 Å². The molecule has 1 amide bonds. The Morgan fingerprint density at radius 3 is 2.62 bits per heavy atom. The summed E-state index contributed by atoms with van der Waals surface area (Å²) in [5.41, 5.74) is 3.15. The van der Waals surface area contributed by atoms with Crippen LogP contribution >= 0.6 is 0 Å². The molecule has 4 aromatic rings. The van der Waals surface area contributed by atoms with Crippen LogP contribution in [0, 0.1) is 0 Å². The van der Waals surface area contributed by atoms with E-state index in [1.807, 2.05) is 36.4 Å². The van der Waals surface area contributed by atoms with E-state index in [9.17, 15) is 13.6 Å². The van der Waals surface area contributed by atoms with E-state index < -0.39 is 6.61 Å². The number of aromatic nitrogens is 3. The largest absolute Gasteiger partial charge is 0.493 e. The van der Waals surface area contributed by atoms with Crippen molar-refractivity contribution in [3.63, 3.8) is 0 Å². The smallest absolute Gasteiger partial charge is 0.387 e. The van der Waals surface area contributed by atoms with Crippen molar-refractivity contribution in [2.24, 2.45) is 0 Å². The van der Waals surface area contributed by atoms with Crippen LogP contribution in [0.2, 0.25) is 0 Å². The van der Waals surface area contributed by atoms with E-state index in [2.05, 4.69) is 20.1 Å². The molecule has 0 aliphatic heterocycles. The first-order chi connectivity index (χ1) is 16.5. The summed E-state index contributed by atoms with van der Waals surface area (Å²) in [4.78, 5) is 17.2. The average Bonchev–Trinajstić information content (AvgIpc) is 3.31. The predicted octanol–water partition coefficient (Wildman–Crippen LogP) is 4.52. The molecule has 0 aliphatic rings. The monoisotopic (exact) mass is 464 g/mol. The topological polar surface area (TPSA) is 78.3 Å². The Bertz CT molecular complexity index is 1250. The maximum absolute atomic E-state index is 13.1. The van der Waals surface area contributed by atoms with Gasteiger partial charge in [-0.2, -0.15) is 13.9 Å².